The first-order chi connectivity index (χ1) is 8.99. The summed E-state index contributed by atoms with van der Waals surface area (Å²) in [5, 5.41) is 12.5. The quantitative estimate of drug-likeness (QED) is 0.769. The lowest BCUT2D eigenvalue weighted by Gasteiger charge is -2.09. The summed E-state index contributed by atoms with van der Waals surface area (Å²) in [6.45, 7) is 3.56. The second kappa shape index (κ2) is 4.97. The van der Waals surface area contributed by atoms with Crippen LogP contribution in [-0.2, 0) is 0 Å². The minimum Gasteiger partial charge on any atom is -0.507 e. The number of para-hydroxylation sites is 1. The summed E-state index contributed by atoms with van der Waals surface area (Å²) in [4.78, 5) is 16.1. The number of anilines is 2. The van der Waals surface area contributed by atoms with Gasteiger partial charge in [-0.05, 0) is 37.1 Å². The molecule has 2 aromatic rings. The molecule has 0 saturated heterocycles. The summed E-state index contributed by atoms with van der Waals surface area (Å²) < 4.78 is 0. The van der Waals surface area contributed by atoms with Gasteiger partial charge in [0.15, 0.2) is 0 Å². The van der Waals surface area contributed by atoms with Crippen LogP contribution in [0.3, 0.4) is 0 Å². The van der Waals surface area contributed by atoms with Crippen molar-refractivity contribution in [1.29, 1.82) is 0 Å². The summed E-state index contributed by atoms with van der Waals surface area (Å²) in [6.07, 6.45) is 1.49. The average Bonchev–Trinajstić information content (AvgIpc) is 2.37. The number of hydrogen-bond donors (Lipinski definition) is 3. The molecule has 1 aromatic carbocycles. The Morgan fingerprint density at radius 2 is 2.05 bits per heavy atom. The van der Waals surface area contributed by atoms with Gasteiger partial charge < -0.3 is 16.2 Å². The lowest BCUT2D eigenvalue weighted by Crippen LogP contribution is -2.13. The largest absolute Gasteiger partial charge is 0.507 e. The van der Waals surface area contributed by atoms with Crippen molar-refractivity contribution in [2.75, 3.05) is 11.1 Å². The van der Waals surface area contributed by atoms with Gasteiger partial charge in [0.25, 0.3) is 5.91 Å². The van der Waals surface area contributed by atoms with Crippen LogP contribution in [0.25, 0.3) is 0 Å². The zero-order chi connectivity index (χ0) is 14.0. The molecule has 1 heterocycles. The van der Waals surface area contributed by atoms with Crippen LogP contribution >= 0.6 is 0 Å². The summed E-state index contributed by atoms with van der Waals surface area (Å²) in [5.74, 6) is -0.0253. The van der Waals surface area contributed by atoms with Gasteiger partial charge in [0.2, 0.25) is 0 Å². The zero-order valence-corrected chi connectivity index (χ0v) is 10.8. The number of nitrogens with two attached hydrogens (primary N) is 1. The van der Waals surface area contributed by atoms with Gasteiger partial charge >= 0.3 is 0 Å². The fourth-order valence-corrected chi connectivity index (χ4v) is 1.66. The van der Waals surface area contributed by atoms with Crippen LogP contribution in [-0.4, -0.2) is 16.0 Å². The van der Waals surface area contributed by atoms with Crippen LogP contribution in [0.2, 0.25) is 0 Å². The highest BCUT2D eigenvalue weighted by Crippen LogP contribution is 2.22. The SMILES string of the molecule is Cc1cc(NC(=O)c2cccc(C)c2O)ncc1N. The van der Waals surface area contributed by atoms with Gasteiger partial charge in [-0.2, -0.15) is 0 Å². The number of phenolic OH excluding ortho intramolecular Hbond substituents is 1. The maximum absolute atomic E-state index is 12.0. The van der Waals surface area contributed by atoms with Crippen LogP contribution in [0.15, 0.2) is 30.5 Å². The number of nitrogens with zero attached hydrogens (tertiary/aromatic N) is 1. The summed E-state index contributed by atoms with van der Waals surface area (Å²) in [6, 6.07) is 6.69. The highest BCUT2D eigenvalue weighted by atomic mass is 16.3. The van der Waals surface area contributed by atoms with Gasteiger partial charge in [0.05, 0.1) is 17.4 Å². The minimum absolute atomic E-state index is 0.0211. The Hall–Kier alpha value is -2.56. The van der Waals surface area contributed by atoms with Crippen LogP contribution in [0.4, 0.5) is 11.5 Å². The number of pyridine rings is 1. The molecule has 0 spiro atoms. The molecule has 0 aliphatic rings. The summed E-state index contributed by atoms with van der Waals surface area (Å²) in [7, 11) is 0. The molecule has 0 atom stereocenters. The van der Waals surface area contributed by atoms with Gasteiger partial charge in [0, 0.05) is 0 Å². The standard InChI is InChI=1S/C14H15N3O2/c1-8-4-3-5-10(13(8)18)14(19)17-12-6-9(2)11(15)7-16-12/h3-7,18H,15H2,1-2H3,(H,16,17,19). The number of nitrogen functional groups attached to an aromatic ring is 1. The molecule has 2 rings (SSSR count). The third-order valence-electron chi connectivity index (χ3n) is 2.88. The Balaban J connectivity index is 2.26. The normalized spacial score (nSPS) is 10.2. The van der Waals surface area contributed by atoms with Gasteiger partial charge in [-0.15, -0.1) is 0 Å². The highest BCUT2D eigenvalue weighted by molar-refractivity contribution is 6.06. The average molecular weight is 257 g/mol. The molecule has 0 radical (unpaired) electrons. The van der Waals surface area contributed by atoms with Crippen molar-refractivity contribution in [2.24, 2.45) is 0 Å². The number of hydrogen-bond acceptors (Lipinski definition) is 4. The molecule has 19 heavy (non-hydrogen) atoms. The Kier molecular flexibility index (Phi) is 3.37. The Bertz CT molecular complexity index is 639. The van der Waals surface area contributed by atoms with Crippen LogP contribution < -0.4 is 11.1 Å². The van der Waals surface area contributed by atoms with E-state index in [4.69, 9.17) is 5.73 Å². The number of benzene rings is 1. The summed E-state index contributed by atoms with van der Waals surface area (Å²) in [5.41, 5.74) is 7.92. The van der Waals surface area contributed by atoms with E-state index in [-0.39, 0.29) is 11.3 Å². The van der Waals surface area contributed by atoms with Gasteiger partial charge in [0.1, 0.15) is 11.6 Å². The van der Waals surface area contributed by atoms with Crippen LogP contribution in [0.1, 0.15) is 21.5 Å². The number of aromatic nitrogens is 1. The van der Waals surface area contributed by atoms with E-state index in [0.717, 1.165) is 5.56 Å². The van der Waals surface area contributed by atoms with Crippen molar-refractivity contribution in [3.05, 3.63) is 47.2 Å². The number of rotatable bonds is 2. The molecule has 0 bridgehead atoms. The topological polar surface area (TPSA) is 88.2 Å². The maximum atomic E-state index is 12.0. The number of phenols is 1. The minimum atomic E-state index is -0.405. The monoisotopic (exact) mass is 257 g/mol. The van der Waals surface area contributed by atoms with Gasteiger partial charge in [-0.25, -0.2) is 4.98 Å². The highest BCUT2D eigenvalue weighted by Gasteiger charge is 2.13. The smallest absolute Gasteiger partial charge is 0.260 e. The van der Waals surface area contributed by atoms with E-state index < -0.39 is 5.91 Å². The van der Waals surface area contributed by atoms with Crippen molar-refractivity contribution in [3.63, 3.8) is 0 Å². The number of carbonyl (C=O) groups excluding carboxylic acids is 1. The number of aromatic hydroxyl groups is 1. The first kappa shape index (κ1) is 12.9. The van der Waals surface area contributed by atoms with E-state index in [0.29, 0.717) is 17.1 Å². The Morgan fingerprint density at radius 3 is 2.74 bits per heavy atom. The third kappa shape index (κ3) is 2.65. The lowest BCUT2D eigenvalue weighted by molar-refractivity contribution is 0.102. The van der Waals surface area contributed by atoms with E-state index in [1.807, 2.05) is 6.92 Å². The third-order valence-corrected chi connectivity index (χ3v) is 2.88. The van der Waals surface area contributed by atoms with E-state index in [1.54, 1.807) is 31.2 Å². The van der Waals surface area contributed by atoms with Crippen molar-refractivity contribution >= 4 is 17.4 Å². The second-order valence-electron chi connectivity index (χ2n) is 4.35. The molecule has 1 amide bonds. The Labute approximate surface area is 111 Å². The number of amides is 1. The molecule has 5 heteroatoms. The molecule has 0 saturated carbocycles. The Morgan fingerprint density at radius 1 is 1.32 bits per heavy atom. The van der Waals surface area contributed by atoms with Crippen molar-refractivity contribution in [2.45, 2.75) is 13.8 Å². The second-order valence-corrected chi connectivity index (χ2v) is 4.35. The first-order valence-corrected chi connectivity index (χ1v) is 5.81. The van der Waals surface area contributed by atoms with Crippen LogP contribution in [0, 0.1) is 13.8 Å². The molecule has 0 unspecified atom stereocenters. The molecule has 1 aromatic heterocycles. The molecule has 0 aliphatic carbocycles. The van der Waals surface area contributed by atoms with E-state index in [1.165, 1.54) is 6.20 Å². The van der Waals surface area contributed by atoms with Crippen molar-refractivity contribution in [3.8, 4) is 5.75 Å². The van der Waals surface area contributed by atoms with Crippen molar-refractivity contribution in [1.82, 2.24) is 4.98 Å². The van der Waals surface area contributed by atoms with Crippen LogP contribution in [0.5, 0.6) is 5.75 Å². The molecule has 5 nitrogen and oxygen atoms in total. The maximum Gasteiger partial charge on any atom is 0.260 e. The molecule has 4 N–H and O–H groups in total. The van der Waals surface area contributed by atoms with Gasteiger partial charge in [-0.3, -0.25) is 4.79 Å². The zero-order valence-electron chi connectivity index (χ0n) is 10.8. The molecule has 0 fully saturated rings. The number of nitrogens with one attached hydrogen (secondary N) is 1. The fraction of sp³-hybridized carbons (Fsp3) is 0.143. The number of aryl methyl sites for hydroxylation is 2. The fourth-order valence-electron chi connectivity index (χ4n) is 1.66. The predicted molar refractivity (Wildman–Crippen MR) is 74.2 cm³/mol. The number of carbonyl (C=O) groups is 1. The van der Waals surface area contributed by atoms with E-state index in [9.17, 15) is 9.90 Å². The molecule has 0 aliphatic heterocycles. The van der Waals surface area contributed by atoms with E-state index >= 15 is 0 Å². The first-order valence-electron chi connectivity index (χ1n) is 5.81. The van der Waals surface area contributed by atoms with Crippen molar-refractivity contribution < 1.29 is 9.90 Å². The predicted octanol–water partition coefficient (Wildman–Crippen LogP) is 2.24. The molecular formula is C14H15N3O2. The molecular weight excluding hydrogens is 242 g/mol. The summed E-state index contributed by atoms with van der Waals surface area (Å²) >= 11 is 0. The van der Waals surface area contributed by atoms with E-state index in [2.05, 4.69) is 10.3 Å². The lowest BCUT2D eigenvalue weighted by atomic mass is 10.1. The molecule has 98 valence electrons. The van der Waals surface area contributed by atoms with Gasteiger partial charge in [-0.1, -0.05) is 12.1 Å².